The van der Waals surface area contributed by atoms with E-state index in [9.17, 15) is 14.9 Å². The predicted octanol–water partition coefficient (Wildman–Crippen LogP) is 0.964. The summed E-state index contributed by atoms with van der Waals surface area (Å²) in [6.07, 6.45) is -0.0493. The largest absolute Gasteiger partial charge is 0.373 e. The Morgan fingerprint density at radius 2 is 2.33 bits per heavy atom. The van der Waals surface area contributed by atoms with Gasteiger partial charge in [0.2, 0.25) is 0 Å². The molecule has 0 aliphatic carbocycles. The molecule has 1 heterocycles. The molecule has 1 fully saturated rings. The lowest BCUT2D eigenvalue weighted by atomic mass is 10.1. The molecule has 1 aliphatic heterocycles. The Morgan fingerprint density at radius 1 is 1.57 bits per heavy atom. The standard InChI is InChI=1S/C14H19N3O4/c1-10-12(4-3-5-13(10)17(19)20)14(18)16-6-7-21-11(9-16)8-15-2/h3-5,11,15H,6-9H2,1-2H3. The number of carbonyl (C=O) groups excluding carboxylic acids is 1. The highest BCUT2D eigenvalue weighted by molar-refractivity contribution is 5.96. The van der Waals surface area contributed by atoms with Crippen molar-refractivity contribution >= 4 is 11.6 Å². The van der Waals surface area contributed by atoms with Crippen molar-refractivity contribution in [2.75, 3.05) is 33.3 Å². The fourth-order valence-corrected chi connectivity index (χ4v) is 2.48. The van der Waals surface area contributed by atoms with Gasteiger partial charge in [-0.1, -0.05) is 6.07 Å². The highest BCUT2D eigenvalue weighted by Gasteiger charge is 2.27. The SMILES string of the molecule is CNCC1CN(C(=O)c2cccc([N+](=O)[O-])c2C)CCO1. The normalized spacial score (nSPS) is 18.6. The topological polar surface area (TPSA) is 84.7 Å². The van der Waals surface area contributed by atoms with E-state index in [1.165, 1.54) is 6.07 Å². The average Bonchev–Trinajstić information content (AvgIpc) is 2.47. The molecule has 1 saturated heterocycles. The van der Waals surface area contributed by atoms with Crippen LogP contribution in [0.15, 0.2) is 18.2 Å². The molecule has 1 aliphatic rings. The van der Waals surface area contributed by atoms with E-state index >= 15 is 0 Å². The first-order chi connectivity index (χ1) is 10.0. The first-order valence-electron chi connectivity index (χ1n) is 6.84. The van der Waals surface area contributed by atoms with Gasteiger partial charge in [0.05, 0.1) is 17.6 Å². The van der Waals surface area contributed by atoms with Gasteiger partial charge in [-0.05, 0) is 20.0 Å². The first kappa shape index (κ1) is 15.4. The summed E-state index contributed by atoms with van der Waals surface area (Å²) < 4.78 is 5.56. The predicted molar refractivity (Wildman–Crippen MR) is 77.4 cm³/mol. The van der Waals surface area contributed by atoms with Crippen LogP contribution in [0.3, 0.4) is 0 Å². The number of rotatable bonds is 4. The van der Waals surface area contributed by atoms with E-state index in [0.717, 1.165) is 0 Å². The molecular formula is C14H19N3O4. The highest BCUT2D eigenvalue weighted by atomic mass is 16.6. The summed E-state index contributed by atoms with van der Waals surface area (Å²) in [6, 6.07) is 4.59. The van der Waals surface area contributed by atoms with Crippen molar-refractivity contribution in [3.05, 3.63) is 39.4 Å². The summed E-state index contributed by atoms with van der Waals surface area (Å²) in [4.78, 5) is 24.8. The first-order valence-corrected chi connectivity index (χ1v) is 6.84. The van der Waals surface area contributed by atoms with Crippen LogP contribution in [-0.2, 0) is 4.74 Å². The number of hydrogen-bond acceptors (Lipinski definition) is 5. The van der Waals surface area contributed by atoms with Gasteiger partial charge >= 0.3 is 0 Å². The van der Waals surface area contributed by atoms with Crippen molar-refractivity contribution in [1.82, 2.24) is 10.2 Å². The van der Waals surface area contributed by atoms with Crippen LogP contribution in [0.1, 0.15) is 15.9 Å². The zero-order chi connectivity index (χ0) is 15.4. The van der Waals surface area contributed by atoms with Crippen molar-refractivity contribution in [3.63, 3.8) is 0 Å². The summed E-state index contributed by atoms with van der Waals surface area (Å²) in [5.41, 5.74) is 0.763. The lowest BCUT2D eigenvalue weighted by Gasteiger charge is -2.33. The Labute approximate surface area is 123 Å². The molecule has 7 heteroatoms. The van der Waals surface area contributed by atoms with Gasteiger partial charge in [0.25, 0.3) is 11.6 Å². The monoisotopic (exact) mass is 293 g/mol. The van der Waals surface area contributed by atoms with E-state index in [0.29, 0.717) is 37.4 Å². The molecule has 0 aromatic heterocycles. The zero-order valence-corrected chi connectivity index (χ0v) is 12.2. The third-order valence-corrected chi connectivity index (χ3v) is 3.59. The highest BCUT2D eigenvalue weighted by Crippen LogP contribution is 2.23. The Balaban J connectivity index is 2.20. The summed E-state index contributed by atoms with van der Waals surface area (Å²) >= 11 is 0. The van der Waals surface area contributed by atoms with E-state index < -0.39 is 4.92 Å². The van der Waals surface area contributed by atoms with Crippen LogP contribution in [0, 0.1) is 17.0 Å². The van der Waals surface area contributed by atoms with Gasteiger partial charge < -0.3 is 15.0 Å². The van der Waals surface area contributed by atoms with Crippen molar-refractivity contribution in [2.24, 2.45) is 0 Å². The third kappa shape index (κ3) is 3.37. The third-order valence-electron chi connectivity index (χ3n) is 3.59. The second kappa shape index (κ2) is 6.64. The fourth-order valence-electron chi connectivity index (χ4n) is 2.48. The van der Waals surface area contributed by atoms with Gasteiger partial charge in [-0.3, -0.25) is 14.9 Å². The quantitative estimate of drug-likeness (QED) is 0.660. The molecule has 7 nitrogen and oxygen atoms in total. The minimum absolute atomic E-state index is 0.0270. The summed E-state index contributed by atoms with van der Waals surface area (Å²) in [5.74, 6) is -0.180. The molecule has 21 heavy (non-hydrogen) atoms. The number of nitrogens with zero attached hydrogens (tertiary/aromatic N) is 2. The van der Waals surface area contributed by atoms with Crippen LogP contribution in [0.2, 0.25) is 0 Å². The number of nitrogens with one attached hydrogen (secondary N) is 1. The molecule has 0 radical (unpaired) electrons. The van der Waals surface area contributed by atoms with Crippen LogP contribution in [-0.4, -0.2) is 55.1 Å². The van der Waals surface area contributed by atoms with E-state index in [-0.39, 0.29) is 17.7 Å². The van der Waals surface area contributed by atoms with Gasteiger partial charge in [0, 0.05) is 36.8 Å². The number of benzene rings is 1. The second-order valence-corrected chi connectivity index (χ2v) is 5.01. The van der Waals surface area contributed by atoms with E-state index in [4.69, 9.17) is 4.74 Å². The van der Waals surface area contributed by atoms with Crippen LogP contribution in [0.25, 0.3) is 0 Å². The zero-order valence-electron chi connectivity index (χ0n) is 12.2. The Kier molecular flexibility index (Phi) is 4.87. The summed E-state index contributed by atoms with van der Waals surface area (Å²) in [6.45, 7) is 3.74. The Bertz CT molecular complexity index is 545. The smallest absolute Gasteiger partial charge is 0.273 e. The molecule has 1 aromatic rings. The number of hydrogen-bond donors (Lipinski definition) is 1. The summed E-state index contributed by atoms with van der Waals surface area (Å²) in [5, 5.41) is 14.0. The number of carbonyl (C=O) groups is 1. The molecule has 0 bridgehead atoms. The lowest BCUT2D eigenvalue weighted by molar-refractivity contribution is -0.385. The van der Waals surface area contributed by atoms with E-state index in [2.05, 4.69) is 5.32 Å². The Hall–Kier alpha value is -1.99. The van der Waals surface area contributed by atoms with Gasteiger partial charge in [-0.25, -0.2) is 0 Å². The van der Waals surface area contributed by atoms with Gasteiger partial charge in [-0.2, -0.15) is 0 Å². The second-order valence-electron chi connectivity index (χ2n) is 5.01. The number of likely N-dealkylation sites (N-methyl/N-ethyl adjacent to an activating group) is 1. The maximum absolute atomic E-state index is 12.6. The minimum Gasteiger partial charge on any atom is -0.373 e. The van der Waals surface area contributed by atoms with Crippen LogP contribution < -0.4 is 5.32 Å². The molecule has 1 unspecified atom stereocenters. The molecule has 2 rings (SSSR count). The minimum atomic E-state index is -0.463. The molecule has 1 aromatic carbocycles. The number of nitro benzene ring substituents is 1. The molecule has 1 atom stereocenters. The number of amides is 1. The van der Waals surface area contributed by atoms with Crippen LogP contribution in [0.5, 0.6) is 0 Å². The molecule has 114 valence electrons. The van der Waals surface area contributed by atoms with E-state index in [1.807, 2.05) is 7.05 Å². The molecule has 1 N–H and O–H groups in total. The van der Waals surface area contributed by atoms with E-state index in [1.54, 1.807) is 24.0 Å². The number of ether oxygens (including phenoxy) is 1. The van der Waals surface area contributed by atoms with Gasteiger partial charge in [0.15, 0.2) is 0 Å². The molecule has 0 saturated carbocycles. The van der Waals surface area contributed by atoms with Crippen molar-refractivity contribution < 1.29 is 14.5 Å². The van der Waals surface area contributed by atoms with Gasteiger partial charge in [0.1, 0.15) is 0 Å². The van der Waals surface area contributed by atoms with Crippen molar-refractivity contribution in [1.29, 1.82) is 0 Å². The van der Waals surface area contributed by atoms with Crippen molar-refractivity contribution in [3.8, 4) is 0 Å². The van der Waals surface area contributed by atoms with Crippen LogP contribution >= 0.6 is 0 Å². The van der Waals surface area contributed by atoms with Crippen LogP contribution in [0.4, 0.5) is 5.69 Å². The fraction of sp³-hybridized carbons (Fsp3) is 0.500. The number of morpholine rings is 1. The maximum Gasteiger partial charge on any atom is 0.273 e. The Morgan fingerprint density at radius 3 is 3.00 bits per heavy atom. The number of nitro groups is 1. The molecule has 1 amide bonds. The van der Waals surface area contributed by atoms with Gasteiger partial charge in [-0.15, -0.1) is 0 Å². The van der Waals surface area contributed by atoms with Crippen molar-refractivity contribution in [2.45, 2.75) is 13.0 Å². The average molecular weight is 293 g/mol. The maximum atomic E-state index is 12.6. The lowest BCUT2D eigenvalue weighted by Crippen LogP contribution is -2.48. The summed E-state index contributed by atoms with van der Waals surface area (Å²) in [7, 11) is 1.83. The molecule has 0 spiro atoms. The molecular weight excluding hydrogens is 274 g/mol.